The lowest BCUT2D eigenvalue weighted by Gasteiger charge is -2.22. The van der Waals surface area contributed by atoms with Gasteiger partial charge in [0.1, 0.15) is 17.2 Å². The molecule has 1 amide bonds. The van der Waals surface area contributed by atoms with E-state index in [1.807, 2.05) is 0 Å². The highest BCUT2D eigenvalue weighted by Crippen LogP contribution is 2.36. The van der Waals surface area contributed by atoms with Gasteiger partial charge in [0.2, 0.25) is 21.9 Å². The Morgan fingerprint density at radius 1 is 1.19 bits per heavy atom. The van der Waals surface area contributed by atoms with Gasteiger partial charge in [0.25, 0.3) is 0 Å². The number of pyridine rings is 1. The molecule has 2 aromatic heterocycles. The van der Waals surface area contributed by atoms with Crippen LogP contribution in [0, 0.1) is 13.8 Å². The monoisotopic (exact) mass is 535 g/mol. The summed E-state index contributed by atoms with van der Waals surface area (Å²) in [5, 5.41) is 8.26. The number of aromatic nitrogens is 3. The summed E-state index contributed by atoms with van der Waals surface area (Å²) in [4.78, 5) is 23.9. The van der Waals surface area contributed by atoms with E-state index in [-0.39, 0.29) is 30.6 Å². The summed E-state index contributed by atoms with van der Waals surface area (Å²) in [6, 6.07) is 6.82. The smallest absolute Gasteiger partial charge is 0.365 e. The molecule has 4 rings (SSSR count). The first kappa shape index (κ1) is 26.1. The molecule has 1 aliphatic rings. The number of halogens is 3. The zero-order valence-corrected chi connectivity index (χ0v) is 21.2. The van der Waals surface area contributed by atoms with Crippen LogP contribution in [0.5, 0.6) is 0 Å². The molecule has 0 saturated heterocycles. The number of rotatable bonds is 7. The normalized spacial score (nSPS) is 13.2. The van der Waals surface area contributed by atoms with Crippen LogP contribution in [-0.4, -0.2) is 42.6 Å². The lowest BCUT2D eigenvalue weighted by Crippen LogP contribution is -2.28. The maximum atomic E-state index is 13.8. The standard InChI is InChI=1S/C23H24F3N7O3S/c1-12-8-13(2)29-21(33(3)37(4,35)36)15(12)10-27-20-16(23(24,25)26)11-28-22(32-20)30-17-7-5-6-14-9-18(34)31-19(14)17/h5-8,11H,9-10H2,1-4H3,(H,31,34)(H2,27,28,30,32). The number of amides is 1. The largest absolute Gasteiger partial charge is 0.421 e. The number of aryl methyl sites for hydroxylation is 2. The molecule has 1 aliphatic heterocycles. The van der Waals surface area contributed by atoms with Gasteiger partial charge in [-0.1, -0.05) is 12.1 Å². The van der Waals surface area contributed by atoms with Crippen molar-refractivity contribution >= 4 is 44.9 Å². The minimum absolute atomic E-state index is 0.101. The van der Waals surface area contributed by atoms with E-state index in [0.29, 0.717) is 34.4 Å². The molecule has 3 N–H and O–H groups in total. The summed E-state index contributed by atoms with van der Waals surface area (Å²) in [5.74, 6) is -0.729. The molecule has 0 unspecified atom stereocenters. The highest BCUT2D eigenvalue weighted by Gasteiger charge is 2.35. The first-order chi connectivity index (χ1) is 17.2. The average Bonchev–Trinajstić information content (AvgIpc) is 3.17. The molecule has 0 bridgehead atoms. The van der Waals surface area contributed by atoms with Gasteiger partial charge in [-0.15, -0.1) is 0 Å². The molecule has 3 heterocycles. The predicted octanol–water partition coefficient (Wildman–Crippen LogP) is 3.75. The molecule has 0 fully saturated rings. The number of benzene rings is 1. The quantitative estimate of drug-likeness (QED) is 0.417. The van der Waals surface area contributed by atoms with E-state index < -0.39 is 27.6 Å². The number of fused-ring (bicyclic) bond motifs is 1. The molecule has 37 heavy (non-hydrogen) atoms. The van der Waals surface area contributed by atoms with E-state index in [2.05, 4.69) is 30.9 Å². The van der Waals surface area contributed by atoms with Crippen molar-refractivity contribution in [2.75, 3.05) is 33.6 Å². The number of carbonyl (C=O) groups excluding carboxylic acids is 1. The van der Waals surface area contributed by atoms with Crippen molar-refractivity contribution in [3.63, 3.8) is 0 Å². The first-order valence-corrected chi connectivity index (χ1v) is 12.9. The van der Waals surface area contributed by atoms with Gasteiger partial charge in [-0.2, -0.15) is 18.2 Å². The summed E-state index contributed by atoms with van der Waals surface area (Å²) >= 11 is 0. The van der Waals surface area contributed by atoms with Crippen molar-refractivity contribution in [3.8, 4) is 0 Å². The van der Waals surface area contributed by atoms with Gasteiger partial charge < -0.3 is 16.0 Å². The van der Waals surface area contributed by atoms with Crippen molar-refractivity contribution in [2.24, 2.45) is 0 Å². The Hall–Kier alpha value is -3.94. The molecule has 10 nitrogen and oxygen atoms in total. The number of nitrogens with one attached hydrogen (secondary N) is 3. The van der Waals surface area contributed by atoms with Gasteiger partial charge in [0.15, 0.2) is 0 Å². The van der Waals surface area contributed by atoms with Crippen molar-refractivity contribution in [1.29, 1.82) is 0 Å². The van der Waals surface area contributed by atoms with Crippen molar-refractivity contribution in [2.45, 2.75) is 33.0 Å². The molecule has 0 aliphatic carbocycles. The zero-order valence-electron chi connectivity index (χ0n) is 20.4. The number of sulfonamides is 1. The summed E-state index contributed by atoms with van der Waals surface area (Å²) in [6.45, 7) is 3.22. The van der Waals surface area contributed by atoms with Crippen molar-refractivity contribution < 1.29 is 26.4 Å². The van der Waals surface area contributed by atoms with Gasteiger partial charge in [0.05, 0.1) is 24.1 Å². The average molecular weight is 536 g/mol. The number of nitrogens with zero attached hydrogens (tertiary/aromatic N) is 4. The van der Waals surface area contributed by atoms with Gasteiger partial charge in [-0.3, -0.25) is 9.10 Å². The minimum Gasteiger partial charge on any atom is -0.365 e. The van der Waals surface area contributed by atoms with Gasteiger partial charge >= 0.3 is 6.18 Å². The Balaban J connectivity index is 1.69. The Kier molecular flexibility index (Phi) is 6.71. The number of alkyl halides is 3. The Morgan fingerprint density at radius 2 is 1.92 bits per heavy atom. The Labute approximate surface area is 211 Å². The Morgan fingerprint density at radius 3 is 2.59 bits per heavy atom. The first-order valence-electron chi connectivity index (χ1n) is 11.0. The summed E-state index contributed by atoms with van der Waals surface area (Å²) in [6.07, 6.45) is -2.89. The fraction of sp³-hybridized carbons (Fsp3) is 0.304. The van der Waals surface area contributed by atoms with E-state index >= 15 is 0 Å². The van der Waals surface area contributed by atoms with Crippen LogP contribution in [0.1, 0.15) is 27.9 Å². The Bertz CT molecular complexity index is 1490. The molecule has 1 aromatic carbocycles. The van der Waals surface area contributed by atoms with Gasteiger partial charge in [-0.25, -0.2) is 18.4 Å². The predicted molar refractivity (Wildman–Crippen MR) is 133 cm³/mol. The third kappa shape index (κ3) is 5.58. The van der Waals surface area contributed by atoms with Crippen LogP contribution in [-0.2, 0) is 34.0 Å². The zero-order chi connectivity index (χ0) is 27.1. The van der Waals surface area contributed by atoms with E-state index in [9.17, 15) is 26.4 Å². The summed E-state index contributed by atoms with van der Waals surface area (Å²) in [5.41, 5.74) is 2.18. The third-order valence-electron chi connectivity index (χ3n) is 5.79. The molecule has 14 heteroatoms. The maximum Gasteiger partial charge on any atom is 0.421 e. The molecule has 0 radical (unpaired) electrons. The van der Waals surface area contributed by atoms with E-state index in [1.54, 1.807) is 38.1 Å². The highest BCUT2D eigenvalue weighted by molar-refractivity contribution is 7.92. The van der Waals surface area contributed by atoms with Crippen LogP contribution < -0.4 is 20.3 Å². The SMILES string of the molecule is Cc1cc(C)c(CNc2nc(Nc3cccc4c3NC(=O)C4)ncc2C(F)(F)F)c(N(C)S(C)(=O)=O)n1. The van der Waals surface area contributed by atoms with Gasteiger partial charge in [0, 0.05) is 31.0 Å². The minimum atomic E-state index is -4.75. The van der Waals surface area contributed by atoms with Crippen LogP contribution >= 0.6 is 0 Å². The lowest BCUT2D eigenvalue weighted by molar-refractivity contribution is -0.137. The van der Waals surface area contributed by atoms with Crippen LogP contribution in [0.2, 0.25) is 0 Å². The molecular weight excluding hydrogens is 511 g/mol. The maximum absolute atomic E-state index is 13.8. The van der Waals surface area contributed by atoms with Crippen LogP contribution in [0.4, 0.5) is 42.1 Å². The second kappa shape index (κ2) is 9.50. The molecular formula is C23H24F3N7O3S. The topological polar surface area (TPSA) is 129 Å². The summed E-state index contributed by atoms with van der Waals surface area (Å²) in [7, 11) is -2.35. The van der Waals surface area contributed by atoms with Crippen molar-refractivity contribution in [3.05, 3.63) is 58.4 Å². The number of para-hydroxylation sites is 1. The molecule has 3 aromatic rings. The second-order valence-electron chi connectivity index (χ2n) is 8.61. The fourth-order valence-corrected chi connectivity index (χ4v) is 4.38. The number of anilines is 5. The third-order valence-corrected chi connectivity index (χ3v) is 6.96. The van der Waals surface area contributed by atoms with Crippen LogP contribution in [0.3, 0.4) is 0 Å². The second-order valence-corrected chi connectivity index (χ2v) is 10.6. The lowest BCUT2D eigenvalue weighted by atomic mass is 10.1. The van der Waals surface area contributed by atoms with Gasteiger partial charge in [-0.05, 0) is 37.1 Å². The molecule has 0 saturated carbocycles. The van der Waals surface area contributed by atoms with E-state index in [0.717, 1.165) is 16.1 Å². The summed E-state index contributed by atoms with van der Waals surface area (Å²) < 4.78 is 66.6. The van der Waals surface area contributed by atoms with E-state index in [1.165, 1.54) is 7.05 Å². The molecule has 0 spiro atoms. The van der Waals surface area contributed by atoms with Crippen LogP contribution in [0.15, 0.2) is 30.5 Å². The van der Waals surface area contributed by atoms with E-state index in [4.69, 9.17) is 0 Å². The van der Waals surface area contributed by atoms with Crippen molar-refractivity contribution in [1.82, 2.24) is 15.0 Å². The number of carbonyl (C=O) groups is 1. The number of hydrogen-bond acceptors (Lipinski definition) is 8. The number of hydrogen-bond donors (Lipinski definition) is 3. The fourth-order valence-electron chi connectivity index (χ4n) is 3.91. The molecule has 196 valence electrons. The highest BCUT2D eigenvalue weighted by atomic mass is 32.2. The molecule has 0 atom stereocenters. The van der Waals surface area contributed by atoms with Crippen LogP contribution in [0.25, 0.3) is 0 Å².